The van der Waals surface area contributed by atoms with Crippen LogP contribution in [-0.2, 0) is 11.3 Å². The lowest BCUT2D eigenvalue weighted by molar-refractivity contribution is 0.0600. The number of ether oxygens (including phenoxy) is 1. The molecule has 0 saturated heterocycles. The van der Waals surface area contributed by atoms with Crippen LogP contribution in [0.2, 0.25) is 0 Å². The third-order valence-corrected chi connectivity index (χ3v) is 2.93. The number of carbonyl (C=O) groups is 1. The molecule has 19 heavy (non-hydrogen) atoms. The van der Waals surface area contributed by atoms with Crippen molar-refractivity contribution in [3.05, 3.63) is 29.2 Å². The Bertz CT molecular complexity index is 622. The molecule has 0 bridgehead atoms. The summed E-state index contributed by atoms with van der Waals surface area (Å²) in [5, 5.41) is 13.5. The molecule has 5 nitrogen and oxygen atoms in total. The second-order valence-electron chi connectivity index (χ2n) is 4.23. The Morgan fingerprint density at radius 1 is 1.53 bits per heavy atom. The Morgan fingerprint density at radius 3 is 2.89 bits per heavy atom. The van der Waals surface area contributed by atoms with Crippen molar-refractivity contribution in [3.63, 3.8) is 0 Å². The number of fused-ring (bicyclic) bond motifs is 1. The van der Waals surface area contributed by atoms with Gasteiger partial charge in [-0.1, -0.05) is 0 Å². The van der Waals surface area contributed by atoms with Crippen LogP contribution in [0.5, 0.6) is 0 Å². The van der Waals surface area contributed by atoms with E-state index in [0.29, 0.717) is 29.6 Å². The van der Waals surface area contributed by atoms with E-state index < -0.39 is 11.8 Å². The Labute approximate surface area is 109 Å². The number of nitrogens with zero attached hydrogens (tertiary/aromatic N) is 2. The first-order chi connectivity index (χ1) is 9.08. The molecule has 2 aromatic rings. The van der Waals surface area contributed by atoms with Gasteiger partial charge in [0.15, 0.2) is 0 Å². The minimum absolute atomic E-state index is 0.0274. The summed E-state index contributed by atoms with van der Waals surface area (Å²) in [6.45, 7) is 2.20. The van der Waals surface area contributed by atoms with Gasteiger partial charge in [-0.3, -0.25) is 4.68 Å². The zero-order valence-electron chi connectivity index (χ0n) is 10.8. The third kappa shape index (κ3) is 2.44. The standard InChI is InChI=1S/C13H15FN2O3/c1-8-12-10(14)6-9(13(18)19-2)7-11(12)16(15-8)4-3-5-17/h6-7,17H,3-5H2,1-2H3. The largest absolute Gasteiger partial charge is 0.465 e. The molecule has 0 aliphatic rings. The number of hydrogen-bond donors (Lipinski definition) is 1. The average Bonchev–Trinajstić information content (AvgIpc) is 2.72. The van der Waals surface area contributed by atoms with Crippen LogP contribution in [0.4, 0.5) is 4.39 Å². The van der Waals surface area contributed by atoms with Gasteiger partial charge in [0.1, 0.15) is 5.82 Å². The number of hydrogen-bond acceptors (Lipinski definition) is 4. The van der Waals surface area contributed by atoms with E-state index in [1.807, 2.05) is 0 Å². The summed E-state index contributed by atoms with van der Waals surface area (Å²) >= 11 is 0. The maximum Gasteiger partial charge on any atom is 0.338 e. The summed E-state index contributed by atoms with van der Waals surface area (Å²) in [4.78, 5) is 11.5. The van der Waals surface area contributed by atoms with Gasteiger partial charge < -0.3 is 9.84 Å². The number of esters is 1. The van der Waals surface area contributed by atoms with Crippen LogP contribution in [-0.4, -0.2) is 34.6 Å². The number of aryl methyl sites for hydroxylation is 2. The molecule has 1 aromatic heterocycles. The summed E-state index contributed by atoms with van der Waals surface area (Å²) < 4.78 is 20.2. The zero-order valence-corrected chi connectivity index (χ0v) is 10.8. The second kappa shape index (κ2) is 5.36. The van der Waals surface area contributed by atoms with Crippen LogP contribution in [0.3, 0.4) is 0 Å². The number of aliphatic hydroxyl groups is 1. The topological polar surface area (TPSA) is 64.3 Å². The van der Waals surface area contributed by atoms with Crippen molar-refractivity contribution in [2.45, 2.75) is 19.9 Å². The Balaban J connectivity index is 2.59. The van der Waals surface area contributed by atoms with Crippen LogP contribution in [0.1, 0.15) is 22.5 Å². The van der Waals surface area contributed by atoms with Crippen molar-refractivity contribution >= 4 is 16.9 Å². The van der Waals surface area contributed by atoms with Crippen molar-refractivity contribution in [3.8, 4) is 0 Å². The second-order valence-corrected chi connectivity index (χ2v) is 4.23. The molecule has 0 atom stereocenters. The lowest BCUT2D eigenvalue weighted by Gasteiger charge is -2.04. The first kappa shape index (κ1) is 13.5. The molecule has 0 fully saturated rings. The number of halogens is 1. The highest BCUT2D eigenvalue weighted by Crippen LogP contribution is 2.24. The predicted octanol–water partition coefficient (Wildman–Crippen LogP) is 1.65. The minimum Gasteiger partial charge on any atom is -0.465 e. The van der Waals surface area contributed by atoms with Crippen molar-refractivity contribution in [1.29, 1.82) is 0 Å². The van der Waals surface area contributed by atoms with Gasteiger partial charge in [-0.05, 0) is 25.5 Å². The number of benzene rings is 1. The summed E-state index contributed by atoms with van der Waals surface area (Å²) in [5.74, 6) is -1.08. The fourth-order valence-corrected chi connectivity index (χ4v) is 2.07. The molecule has 6 heteroatoms. The summed E-state index contributed by atoms with van der Waals surface area (Å²) in [6.07, 6.45) is 0.514. The minimum atomic E-state index is -0.589. The number of aliphatic hydroxyl groups excluding tert-OH is 1. The van der Waals surface area contributed by atoms with Gasteiger partial charge >= 0.3 is 5.97 Å². The van der Waals surface area contributed by atoms with Crippen LogP contribution in [0, 0.1) is 12.7 Å². The van der Waals surface area contributed by atoms with E-state index in [4.69, 9.17) is 5.11 Å². The van der Waals surface area contributed by atoms with Gasteiger partial charge in [0.25, 0.3) is 0 Å². The van der Waals surface area contributed by atoms with E-state index in [2.05, 4.69) is 9.84 Å². The lowest BCUT2D eigenvalue weighted by atomic mass is 10.1. The molecule has 1 N–H and O–H groups in total. The van der Waals surface area contributed by atoms with Gasteiger partial charge in [-0.2, -0.15) is 5.10 Å². The zero-order chi connectivity index (χ0) is 14.0. The average molecular weight is 266 g/mol. The summed E-state index contributed by atoms with van der Waals surface area (Å²) in [6, 6.07) is 2.71. The van der Waals surface area contributed by atoms with Crippen LogP contribution in [0.25, 0.3) is 10.9 Å². The van der Waals surface area contributed by atoms with E-state index in [1.165, 1.54) is 7.11 Å². The number of methoxy groups -OCH3 is 1. The van der Waals surface area contributed by atoms with E-state index in [1.54, 1.807) is 17.7 Å². The Hall–Kier alpha value is -1.95. The molecule has 0 saturated carbocycles. The van der Waals surface area contributed by atoms with Gasteiger partial charge in [0, 0.05) is 13.2 Å². The first-order valence-electron chi connectivity index (χ1n) is 5.94. The maximum atomic E-state index is 14.0. The fourth-order valence-electron chi connectivity index (χ4n) is 2.07. The van der Waals surface area contributed by atoms with Crippen LogP contribution in [0.15, 0.2) is 12.1 Å². The fraction of sp³-hybridized carbons (Fsp3) is 0.385. The van der Waals surface area contributed by atoms with E-state index in [-0.39, 0.29) is 12.2 Å². The van der Waals surface area contributed by atoms with Crippen LogP contribution < -0.4 is 0 Å². The molecule has 0 aliphatic heterocycles. The molecule has 0 spiro atoms. The molecule has 0 amide bonds. The van der Waals surface area contributed by atoms with Gasteiger partial charge in [-0.25, -0.2) is 9.18 Å². The van der Waals surface area contributed by atoms with Crippen molar-refractivity contribution in [2.75, 3.05) is 13.7 Å². The Kier molecular flexibility index (Phi) is 3.80. The molecule has 0 aliphatic carbocycles. The lowest BCUT2D eigenvalue weighted by Crippen LogP contribution is -2.05. The molecule has 1 aromatic carbocycles. The number of aromatic nitrogens is 2. The SMILES string of the molecule is COC(=O)c1cc(F)c2c(C)nn(CCCO)c2c1. The highest BCUT2D eigenvalue weighted by molar-refractivity contribution is 5.95. The first-order valence-corrected chi connectivity index (χ1v) is 5.94. The van der Waals surface area contributed by atoms with Crippen molar-refractivity contribution in [2.24, 2.45) is 0 Å². The molecule has 102 valence electrons. The quantitative estimate of drug-likeness (QED) is 0.855. The third-order valence-electron chi connectivity index (χ3n) is 2.93. The van der Waals surface area contributed by atoms with E-state index in [0.717, 1.165) is 6.07 Å². The predicted molar refractivity (Wildman–Crippen MR) is 67.5 cm³/mol. The van der Waals surface area contributed by atoms with Gasteiger partial charge in [-0.15, -0.1) is 0 Å². The molecule has 1 heterocycles. The summed E-state index contributed by atoms with van der Waals surface area (Å²) in [5.41, 5.74) is 1.24. The monoisotopic (exact) mass is 266 g/mol. The van der Waals surface area contributed by atoms with Gasteiger partial charge in [0.05, 0.1) is 29.3 Å². The highest BCUT2D eigenvalue weighted by Gasteiger charge is 2.16. The van der Waals surface area contributed by atoms with E-state index in [9.17, 15) is 9.18 Å². The molecule has 0 unspecified atom stereocenters. The van der Waals surface area contributed by atoms with Crippen LogP contribution >= 0.6 is 0 Å². The normalized spacial score (nSPS) is 10.9. The van der Waals surface area contributed by atoms with E-state index >= 15 is 0 Å². The Morgan fingerprint density at radius 2 is 2.26 bits per heavy atom. The maximum absolute atomic E-state index is 14.0. The molecular weight excluding hydrogens is 251 g/mol. The van der Waals surface area contributed by atoms with Crippen molar-refractivity contribution in [1.82, 2.24) is 9.78 Å². The molecule has 0 radical (unpaired) electrons. The molecular formula is C13H15FN2O3. The highest BCUT2D eigenvalue weighted by atomic mass is 19.1. The smallest absolute Gasteiger partial charge is 0.338 e. The van der Waals surface area contributed by atoms with Gasteiger partial charge in [0.2, 0.25) is 0 Å². The molecule has 2 rings (SSSR count). The number of carbonyl (C=O) groups excluding carboxylic acids is 1. The summed E-state index contributed by atoms with van der Waals surface area (Å²) in [7, 11) is 1.25. The van der Waals surface area contributed by atoms with Crippen molar-refractivity contribution < 1.29 is 19.0 Å². The number of rotatable bonds is 4.